The first kappa shape index (κ1) is 24.5. The maximum atomic E-state index is 13.5. The molecule has 2 heterocycles. The molecule has 0 spiro atoms. The topological polar surface area (TPSA) is 102 Å². The molecular formula is C28H25F3N4O2. The van der Waals surface area contributed by atoms with E-state index in [-0.39, 0.29) is 25.9 Å². The quantitative estimate of drug-likeness (QED) is 0.530. The van der Waals surface area contributed by atoms with E-state index in [9.17, 15) is 22.8 Å². The van der Waals surface area contributed by atoms with E-state index in [1.165, 1.54) is 11.0 Å². The maximum Gasteiger partial charge on any atom is 0.416 e. The number of hydrogen-bond acceptors (Lipinski definition) is 3. The van der Waals surface area contributed by atoms with Crippen LogP contribution in [-0.4, -0.2) is 34.9 Å². The maximum absolute atomic E-state index is 13.5. The lowest BCUT2D eigenvalue weighted by molar-refractivity contribution is -0.137. The molecule has 1 aromatic heterocycles. The molecule has 0 fully saturated rings. The fourth-order valence-electron chi connectivity index (χ4n) is 5.53. The van der Waals surface area contributed by atoms with Crippen molar-refractivity contribution < 1.29 is 22.8 Å². The number of nitrogens with zero attached hydrogens (tertiary/aromatic N) is 2. The average molecular weight is 507 g/mol. The van der Waals surface area contributed by atoms with Crippen LogP contribution in [0.5, 0.6) is 0 Å². The van der Waals surface area contributed by atoms with Crippen molar-refractivity contribution in [2.75, 3.05) is 13.1 Å². The molecule has 4 N–H and O–H groups in total. The number of amides is 3. The Balaban J connectivity index is 1.66. The third-order valence-electron chi connectivity index (χ3n) is 7.43. The van der Waals surface area contributed by atoms with Gasteiger partial charge in [0, 0.05) is 30.9 Å². The standard InChI is InChI=1S/C28H25F3N4O2/c29-28(30,31)20-6-3-5-17(12-20)22-8-10-27(25(32)36,24-16-35(26(33)37)11-9-23(22)24)13-19-15-34-14-18-4-1-2-7-21(18)19/h1-8,12,14-15H,9-11,13,16H2,(H2,32,36)(H2,33,37). The monoisotopic (exact) mass is 506 g/mol. The van der Waals surface area contributed by atoms with Gasteiger partial charge in [-0.3, -0.25) is 9.78 Å². The summed E-state index contributed by atoms with van der Waals surface area (Å²) >= 11 is 0. The van der Waals surface area contributed by atoms with Crippen molar-refractivity contribution in [3.05, 3.63) is 94.8 Å². The van der Waals surface area contributed by atoms with Gasteiger partial charge in [0.15, 0.2) is 0 Å². The Labute approximate surface area is 211 Å². The molecule has 6 nitrogen and oxygen atoms in total. The van der Waals surface area contributed by atoms with Crippen molar-refractivity contribution in [1.29, 1.82) is 0 Å². The zero-order valence-corrected chi connectivity index (χ0v) is 19.9. The molecule has 1 aliphatic heterocycles. The Bertz CT molecular complexity index is 1470. The molecule has 1 unspecified atom stereocenters. The number of carbonyl (C=O) groups is 2. The molecule has 0 radical (unpaired) electrons. The fourth-order valence-corrected chi connectivity index (χ4v) is 5.53. The summed E-state index contributed by atoms with van der Waals surface area (Å²) in [7, 11) is 0. The molecule has 190 valence electrons. The number of urea groups is 1. The lowest BCUT2D eigenvalue weighted by Gasteiger charge is -2.43. The Kier molecular flexibility index (Phi) is 6.01. The summed E-state index contributed by atoms with van der Waals surface area (Å²) in [4.78, 5) is 31.1. The largest absolute Gasteiger partial charge is 0.416 e. The van der Waals surface area contributed by atoms with Gasteiger partial charge in [-0.15, -0.1) is 0 Å². The van der Waals surface area contributed by atoms with Gasteiger partial charge < -0.3 is 16.4 Å². The van der Waals surface area contributed by atoms with Crippen molar-refractivity contribution in [2.24, 2.45) is 16.9 Å². The van der Waals surface area contributed by atoms with Crippen LogP contribution in [0.25, 0.3) is 16.3 Å². The van der Waals surface area contributed by atoms with E-state index in [1.807, 2.05) is 24.3 Å². The molecule has 0 saturated carbocycles. The van der Waals surface area contributed by atoms with Gasteiger partial charge in [0.25, 0.3) is 0 Å². The number of rotatable bonds is 4. The second-order valence-corrected chi connectivity index (χ2v) is 9.51. The normalized spacial score (nSPS) is 20.0. The highest BCUT2D eigenvalue weighted by Crippen LogP contribution is 2.49. The molecule has 37 heavy (non-hydrogen) atoms. The molecule has 0 bridgehead atoms. The second kappa shape index (κ2) is 9.06. The van der Waals surface area contributed by atoms with E-state index in [0.29, 0.717) is 23.1 Å². The van der Waals surface area contributed by atoms with E-state index in [4.69, 9.17) is 11.5 Å². The molecule has 3 aromatic rings. The average Bonchev–Trinajstić information content (AvgIpc) is 2.88. The number of nitrogens with two attached hydrogens (primary N) is 2. The Morgan fingerprint density at radius 2 is 1.84 bits per heavy atom. The van der Waals surface area contributed by atoms with Crippen LogP contribution in [0, 0.1) is 5.41 Å². The number of pyridine rings is 1. The summed E-state index contributed by atoms with van der Waals surface area (Å²) in [5, 5.41) is 1.84. The van der Waals surface area contributed by atoms with Crippen LogP contribution in [0.1, 0.15) is 29.5 Å². The fraction of sp³-hybridized carbons (Fsp3) is 0.250. The van der Waals surface area contributed by atoms with Crippen molar-refractivity contribution in [2.45, 2.75) is 25.4 Å². The number of alkyl halides is 3. The number of benzene rings is 2. The van der Waals surface area contributed by atoms with Gasteiger partial charge in [0.1, 0.15) is 0 Å². The van der Waals surface area contributed by atoms with E-state index >= 15 is 0 Å². The van der Waals surface area contributed by atoms with Crippen LogP contribution in [0.4, 0.5) is 18.0 Å². The first-order chi connectivity index (χ1) is 17.6. The van der Waals surface area contributed by atoms with Gasteiger partial charge in [-0.2, -0.15) is 13.2 Å². The predicted molar refractivity (Wildman–Crippen MR) is 134 cm³/mol. The molecule has 2 aromatic carbocycles. The summed E-state index contributed by atoms with van der Waals surface area (Å²) in [5.74, 6) is -0.571. The number of hydrogen-bond donors (Lipinski definition) is 2. The van der Waals surface area contributed by atoms with E-state index in [0.717, 1.165) is 34.0 Å². The highest BCUT2D eigenvalue weighted by atomic mass is 19.4. The molecular weight excluding hydrogens is 481 g/mol. The van der Waals surface area contributed by atoms with Gasteiger partial charge in [-0.05, 0) is 64.6 Å². The summed E-state index contributed by atoms with van der Waals surface area (Å²) in [6.07, 6.45) is 1.49. The number of carbonyl (C=O) groups excluding carboxylic acids is 2. The van der Waals surface area contributed by atoms with Crippen LogP contribution >= 0.6 is 0 Å². The minimum atomic E-state index is -4.49. The lowest BCUT2D eigenvalue weighted by atomic mass is 9.64. The van der Waals surface area contributed by atoms with Crippen molar-refractivity contribution in [1.82, 2.24) is 9.88 Å². The third kappa shape index (κ3) is 4.34. The SMILES string of the molecule is NC(=O)N1CCC2=C(C1)C(Cc1cncc3ccccc13)(C(N)=O)CC=C2c1cccc(C(F)(F)F)c1. The van der Waals surface area contributed by atoms with Gasteiger partial charge in [-0.25, -0.2) is 4.79 Å². The molecule has 3 amide bonds. The smallest absolute Gasteiger partial charge is 0.369 e. The summed E-state index contributed by atoms with van der Waals surface area (Å²) in [6, 6.07) is 12.2. The van der Waals surface area contributed by atoms with Crippen molar-refractivity contribution >= 4 is 28.3 Å². The van der Waals surface area contributed by atoms with E-state index < -0.39 is 29.1 Å². The molecule has 2 aliphatic rings. The lowest BCUT2D eigenvalue weighted by Crippen LogP contribution is -2.50. The zero-order valence-electron chi connectivity index (χ0n) is 19.9. The first-order valence-electron chi connectivity index (χ1n) is 11.9. The van der Waals surface area contributed by atoms with Gasteiger partial charge >= 0.3 is 12.2 Å². The summed E-state index contributed by atoms with van der Waals surface area (Å²) < 4.78 is 40.4. The minimum Gasteiger partial charge on any atom is -0.369 e. The van der Waals surface area contributed by atoms with Crippen LogP contribution in [0.3, 0.4) is 0 Å². The van der Waals surface area contributed by atoms with Crippen LogP contribution in [0.15, 0.2) is 78.1 Å². The Hall–Kier alpha value is -4.14. The second-order valence-electron chi connectivity index (χ2n) is 9.51. The van der Waals surface area contributed by atoms with Crippen LogP contribution < -0.4 is 11.5 Å². The molecule has 1 atom stereocenters. The van der Waals surface area contributed by atoms with Crippen LogP contribution in [-0.2, 0) is 17.4 Å². The Morgan fingerprint density at radius 3 is 2.57 bits per heavy atom. The molecule has 9 heteroatoms. The highest BCUT2D eigenvalue weighted by molar-refractivity contribution is 5.93. The first-order valence-corrected chi connectivity index (χ1v) is 11.9. The number of primary amides is 2. The number of fused-ring (bicyclic) bond motifs is 1. The summed E-state index contributed by atoms with van der Waals surface area (Å²) in [5.41, 5.74) is 12.9. The predicted octanol–water partition coefficient (Wildman–Crippen LogP) is 4.84. The van der Waals surface area contributed by atoms with E-state index in [1.54, 1.807) is 24.5 Å². The molecule has 0 saturated heterocycles. The number of aromatic nitrogens is 1. The molecule has 5 rings (SSSR count). The third-order valence-corrected chi connectivity index (χ3v) is 7.43. The highest BCUT2D eigenvalue weighted by Gasteiger charge is 2.46. The van der Waals surface area contributed by atoms with Crippen LogP contribution in [0.2, 0.25) is 0 Å². The Morgan fingerprint density at radius 1 is 1.05 bits per heavy atom. The van der Waals surface area contributed by atoms with Gasteiger partial charge in [-0.1, -0.05) is 42.5 Å². The molecule has 1 aliphatic carbocycles. The number of halogens is 3. The summed E-state index contributed by atoms with van der Waals surface area (Å²) in [6.45, 7) is 0.358. The van der Waals surface area contributed by atoms with E-state index in [2.05, 4.69) is 4.98 Å². The van der Waals surface area contributed by atoms with Crippen molar-refractivity contribution in [3.8, 4) is 0 Å². The van der Waals surface area contributed by atoms with Gasteiger partial charge in [0.05, 0.1) is 11.0 Å². The van der Waals surface area contributed by atoms with Gasteiger partial charge in [0.2, 0.25) is 5.91 Å². The minimum absolute atomic E-state index is 0.0715. The van der Waals surface area contributed by atoms with Crippen molar-refractivity contribution in [3.63, 3.8) is 0 Å². The number of allylic oxidation sites excluding steroid dienone is 2. The zero-order chi connectivity index (χ0) is 26.4.